The van der Waals surface area contributed by atoms with Crippen molar-refractivity contribution >= 4 is 29.1 Å². The summed E-state index contributed by atoms with van der Waals surface area (Å²) in [5, 5.41) is 21.4. The molecule has 31 heavy (non-hydrogen) atoms. The third-order valence-electron chi connectivity index (χ3n) is 5.08. The van der Waals surface area contributed by atoms with Crippen LogP contribution in [-0.2, 0) is 16.1 Å². The number of furan rings is 1. The van der Waals surface area contributed by atoms with Crippen molar-refractivity contribution in [2.24, 2.45) is 0 Å². The largest absolute Gasteiger partial charge is 0.507 e. The first-order valence-corrected chi connectivity index (χ1v) is 9.72. The van der Waals surface area contributed by atoms with E-state index in [9.17, 15) is 19.8 Å². The van der Waals surface area contributed by atoms with E-state index in [2.05, 4.69) is 0 Å². The third-order valence-corrected chi connectivity index (χ3v) is 5.34. The molecule has 0 saturated carbocycles. The lowest BCUT2D eigenvalue weighted by Gasteiger charge is -2.25. The Morgan fingerprint density at radius 1 is 1.16 bits per heavy atom. The maximum Gasteiger partial charge on any atom is 0.296 e. The zero-order chi connectivity index (χ0) is 22.1. The Hall–Kier alpha value is -3.71. The van der Waals surface area contributed by atoms with Crippen LogP contribution in [0.3, 0.4) is 0 Å². The second kappa shape index (κ2) is 8.20. The van der Waals surface area contributed by atoms with Crippen molar-refractivity contribution < 1.29 is 29.0 Å². The lowest BCUT2D eigenvalue weighted by molar-refractivity contribution is -0.140. The van der Waals surface area contributed by atoms with Crippen LogP contribution in [-0.4, -0.2) is 33.9 Å². The van der Waals surface area contributed by atoms with E-state index in [0.29, 0.717) is 21.9 Å². The summed E-state index contributed by atoms with van der Waals surface area (Å²) in [6.45, 7) is 0.0167. The summed E-state index contributed by atoms with van der Waals surface area (Å²) in [7, 11) is 1.40. The summed E-state index contributed by atoms with van der Waals surface area (Å²) in [6.07, 6.45) is 1.47. The van der Waals surface area contributed by atoms with Gasteiger partial charge in [-0.2, -0.15) is 0 Å². The molecule has 0 aliphatic carbocycles. The minimum absolute atomic E-state index is 0.0167. The van der Waals surface area contributed by atoms with Gasteiger partial charge in [-0.05, 0) is 54.1 Å². The number of aliphatic hydroxyl groups is 1. The molecule has 0 spiro atoms. The molecule has 158 valence electrons. The summed E-state index contributed by atoms with van der Waals surface area (Å²) >= 11 is 5.93. The third kappa shape index (κ3) is 3.75. The molecule has 1 fully saturated rings. The zero-order valence-corrected chi connectivity index (χ0v) is 17.2. The zero-order valence-electron chi connectivity index (χ0n) is 16.4. The number of hydrogen-bond donors (Lipinski definition) is 2. The molecule has 1 saturated heterocycles. The first kappa shape index (κ1) is 20.6. The first-order chi connectivity index (χ1) is 14.9. The molecule has 1 unspecified atom stereocenters. The molecular formula is C23H18ClNO6. The Bertz CT molecular complexity index is 1170. The first-order valence-electron chi connectivity index (χ1n) is 9.34. The Balaban J connectivity index is 1.89. The van der Waals surface area contributed by atoms with Gasteiger partial charge in [-0.3, -0.25) is 9.59 Å². The van der Waals surface area contributed by atoms with E-state index in [1.54, 1.807) is 42.5 Å². The molecule has 0 bridgehead atoms. The number of nitrogens with zero attached hydrogens (tertiary/aromatic N) is 1. The van der Waals surface area contributed by atoms with E-state index in [1.807, 2.05) is 0 Å². The van der Waals surface area contributed by atoms with E-state index in [0.717, 1.165) is 0 Å². The molecule has 0 radical (unpaired) electrons. The topological polar surface area (TPSA) is 100 Å². The number of benzene rings is 2. The van der Waals surface area contributed by atoms with E-state index < -0.39 is 17.7 Å². The number of carbonyl (C=O) groups excluding carboxylic acids is 2. The van der Waals surface area contributed by atoms with Gasteiger partial charge >= 0.3 is 0 Å². The number of amides is 1. The van der Waals surface area contributed by atoms with Gasteiger partial charge in [0.25, 0.3) is 11.7 Å². The molecule has 2 N–H and O–H groups in total. The van der Waals surface area contributed by atoms with E-state index >= 15 is 0 Å². The second-order valence-electron chi connectivity index (χ2n) is 6.94. The maximum absolute atomic E-state index is 13.0. The van der Waals surface area contributed by atoms with Crippen LogP contribution in [0.4, 0.5) is 0 Å². The van der Waals surface area contributed by atoms with Gasteiger partial charge in [-0.1, -0.05) is 17.7 Å². The second-order valence-corrected chi connectivity index (χ2v) is 7.38. The number of rotatable bonds is 5. The van der Waals surface area contributed by atoms with Crippen molar-refractivity contribution in [3.05, 3.63) is 88.3 Å². The van der Waals surface area contributed by atoms with Gasteiger partial charge in [0.15, 0.2) is 11.5 Å². The van der Waals surface area contributed by atoms with Gasteiger partial charge < -0.3 is 24.3 Å². The molecule has 1 atom stereocenters. The SMILES string of the molecule is COc1cc(C2C(=C(O)c3ccc(Cl)cc3)C(=O)C(=O)N2Cc2ccco2)ccc1O. The molecule has 1 aliphatic heterocycles. The van der Waals surface area contributed by atoms with Crippen molar-refractivity contribution in [3.63, 3.8) is 0 Å². The highest BCUT2D eigenvalue weighted by molar-refractivity contribution is 6.46. The number of aliphatic hydroxyl groups excluding tert-OH is 1. The van der Waals surface area contributed by atoms with E-state index in [4.69, 9.17) is 20.8 Å². The van der Waals surface area contributed by atoms with Gasteiger partial charge in [-0.25, -0.2) is 0 Å². The average Bonchev–Trinajstić information content (AvgIpc) is 3.37. The summed E-state index contributed by atoms with van der Waals surface area (Å²) in [5.74, 6) is -1.36. The van der Waals surface area contributed by atoms with Crippen LogP contribution in [0.1, 0.15) is 22.9 Å². The van der Waals surface area contributed by atoms with Crippen molar-refractivity contribution in [3.8, 4) is 11.5 Å². The molecule has 4 rings (SSSR count). The van der Waals surface area contributed by atoms with Gasteiger partial charge in [0.2, 0.25) is 0 Å². The van der Waals surface area contributed by atoms with Gasteiger partial charge in [0.1, 0.15) is 11.5 Å². The van der Waals surface area contributed by atoms with Crippen LogP contribution in [0.5, 0.6) is 11.5 Å². The molecular weight excluding hydrogens is 422 g/mol. The highest BCUT2D eigenvalue weighted by atomic mass is 35.5. The lowest BCUT2D eigenvalue weighted by atomic mass is 9.95. The van der Waals surface area contributed by atoms with Crippen LogP contribution in [0, 0.1) is 0 Å². The predicted molar refractivity (Wildman–Crippen MR) is 113 cm³/mol. The number of Topliss-reactive ketones (excluding diaryl/α,β-unsaturated/α-hetero) is 1. The number of ether oxygens (including phenoxy) is 1. The minimum atomic E-state index is -0.921. The Morgan fingerprint density at radius 3 is 2.55 bits per heavy atom. The number of ketones is 1. The number of hydrogen-bond acceptors (Lipinski definition) is 6. The van der Waals surface area contributed by atoms with Gasteiger partial charge in [-0.15, -0.1) is 0 Å². The van der Waals surface area contributed by atoms with Crippen LogP contribution in [0.25, 0.3) is 5.76 Å². The van der Waals surface area contributed by atoms with Crippen LogP contribution >= 0.6 is 11.6 Å². The van der Waals surface area contributed by atoms with Crippen LogP contribution < -0.4 is 4.74 Å². The fraction of sp³-hybridized carbons (Fsp3) is 0.130. The number of carbonyl (C=O) groups is 2. The van der Waals surface area contributed by atoms with E-state index in [-0.39, 0.29) is 29.4 Å². The molecule has 8 heteroatoms. The standard InChI is InChI=1S/C23H18ClNO6/c1-30-18-11-14(6-9-17(18)26)20-19(21(27)13-4-7-15(24)8-5-13)22(28)23(29)25(20)12-16-3-2-10-31-16/h2-11,20,26-27H,12H2,1H3. The molecule has 2 heterocycles. The summed E-state index contributed by atoms with van der Waals surface area (Å²) in [5.41, 5.74) is 0.749. The fourth-order valence-corrected chi connectivity index (χ4v) is 3.71. The lowest BCUT2D eigenvalue weighted by Crippen LogP contribution is -2.29. The number of phenolic OH excluding ortho intramolecular Hbond substituents is 1. The van der Waals surface area contributed by atoms with Crippen molar-refractivity contribution in [2.45, 2.75) is 12.6 Å². The predicted octanol–water partition coefficient (Wildman–Crippen LogP) is 4.27. The fourth-order valence-electron chi connectivity index (χ4n) is 3.59. The maximum atomic E-state index is 13.0. The number of methoxy groups -OCH3 is 1. The van der Waals surface area contributed by atoms with Crippen LogP contribution in [0.2, 0.25) is 5.02 Å². The molecule has 2 aromatic carbocycles. The Kier molecular flexibility index (Phi) is 5.44. The number of phenols is 1. The number of halogens is 1. The van der Waals surface area contributed by atoms with Gasteiger partial charge in [0.05, 0.1) is 31.5 Å². The highest BCUT2D eigenvalue weighted by Crippen LogP contribution is 2.42. The molecule has 7 nitrogen and oxygen atoms in total. The average molecular weight is 440 g/mol. The minimum Gasteiger partial charge on any atom is -0.507 e. The van der Waals surface area contributed by atoms with Crippen molar-refractivity contribution in [1.82, 2.24) is 4.90 Å². The number of aromatic hydroxyl groups is 1. The van der Waals surface area contributed by atoms with E-state index in [1.165, 1.54) is 30.4 Å². The summed E-state index contributed by atoms with van der Waals surface area (Å²) in [6, 6.07) is 13.2. The van der Waals surface area contributed by atoms with Gasteiger partial charge in [0, 0.05) is 10.6 Å². The summed E-state index contributed by atoms with van der Waals surface area (Å²) in [4.78, 5) is 27.2. The van der Waals surface area contributed by atoms with Crippen molar-refractivity contribution in [2.75, 3.05) is 7.11 Å². The quantitative estimate of drug-likeness (QED) is 0.350. The Labute approximate surface area is 182 Å². The smallest absolute Gasteiger partial charge is 0.296 e. The highest BCUT2D eigenvalue weighted by Gasteiger charge is 2.46. The summed E-state index contributed by atoms with van der Waals surface area (Å²) < 4.78 is 10.5. The molecule has 1 aliphatic rings. The molecule has 3 aromatic rings. The normalized spacial score (nSPS) is 17.9. The molecule has 1 aromatic heterocycles. The van der Waals surface area contributed by atoms with Crippen molar-refractivity contribution in [1.29, 1.82) is 0 Å². The monoisotopic (exact) mass is 439 g/mol. The number of likely N-dealkylation sites (tertiary alicyclic amines) is 1. The van der Waals surface area contributed by atoms with Crippen LogP contribution in [0.15, 0.2) is 70.9 Å². The molecule has 1 amide bonds. The Morgan fingerprint density at radius 2 is 1.90 bits per heavy atom.